The van der Waals surface area contributed by atoms with E-state index in [4.69, 9.17) is 9.15 Å². The molecule has 6 heteroatoms. The Bertz CT molecular complexity index is 937. The first-order valence-electron chi connectivity index (χ1n) is 9.33. The van der Waals surface area contributed by atoms with Gasteiger partial charge in [-0.3, -0.25) is 9.69 Å². The lowest BCUT2D eigenvalue weighted by atomic mass is 10.1. The first-order valence-corrected chi connectivity index (χ1v) is 9.33. The van der Waals surface area contributed by atoms with Gasteiger partial charge in [-0.05, 0) is 42.6 Å². The van der Waals surface area contributed by atoms with Crippen LogP contribution in [0, 0.1) is 6.92 Å². The summed E-state index contributed by atoms with van der Waals surface area (Å²) >= 11 is 0. The van der Waals surface area contributed by atoms with Crippen molar-refractivity contribution in [1.82, 2.24) is 14.8 Å². The van der Waals surface area contributed by atoms with Crippen molar-refractivity contribution in [2.75, 3.05) is 32.8 Å². The molecule has 0 radical (unpaired) electrons. The summed E-state index contributed by atoms with van der Waals surface area (Å²) in [6, 6.07) is 11.8. The van der Waals surface area contributed by atoms with Gasteiger partial charge in [-0.1, -0.05) is 6.07 Å². The number of amides is 1. The summed E-state index contributed by atoms with van der Waals surface area (Å²) in [6.45, 7) is 5.50. The Morgan fingerprint density at radius 2 is 2.00 bits per heavy atom. The monoisotopic (exact) mass is 367 g/mol. The van der Waals surface area contributed by atoms with Crippen molar-refractivity contribution in [3.8, 4) is 0 Å². The van der Waals surface area contributed by atoms with Crippen LogP contribution in [0.4, 0.5) is 0 Å². The van der Waals surface area contributed by atoms with Crippen LogP contribution >= 0.6 is 0 Å². The summed E-state index contributed by atoms with van der Waals surface area (Å²) in [5, 5.41) is 4.22. The summed E-state index contributed by atoms with van der Waals surface area (Å²) in [6.07, 6.45) is 2.00. The average Bonchev–Trinajstić information content (AvgIpc) is 3.28. The molecule has 0 saturated carbocycles. The number of rotatable bonds is 5. The normalized spacial score (nSPS) is 16.5. The number of furan rings is 1. The Morgan fingerprint density at radius 1 is 1.19 bits per heavy atom. The van der Waals surface area contributed by atoms with Gasteiger partial charge in [-0.2, -0.15) is 0 Å². The molecule has 27 heavy (non-hydrogen) atoms. The first kappa shape index (κ1) is 17.8. The zero-order valence-electron chi connectivity index (χ0n) is 15.8. The third-order valence-electron chi connectivity index (χ3n) is 5.18. The lowest BCUT2D eigenvalue weighted by Crippen LogP contribution is -2.43. The van der Waals surface area contributed by atoms with Gasteiger partial charge < -0.3 is 19.0 Å². The second kappa shape index (κ2) is 7.58. The number of aryl methyl sites for hydroxylation is 2. The number of nitrogens with zero attached hydrogens (tertiary/aromatic N) is 2. The molecule has 0 aliphatic carbocycles. The van der Waals surface area contributed by atoms with Crippen LogP contribution in [-0.4, -0.2) is 48.2 Å². The van der Waals surface area contributed by atoms with Crippen molar-refractivity contribution in [1.29, 1.82) is 0 Å². The Labute approximate surface area is 158 Å². The summed E-state index contributed by atoms with van der Waals surface area (Å²) in [4.78, 5) is 15.1. The number of morpholine rings is 1. The quantitative estimate of drug-likeness (QED) is 0.753. The molecule has 1 aliphatic rings. The minimum absolute atomic E-state index is 0.00492. The minimum Gasteiger partial charge on any atom is -0.465 e. The smallest absolute Gasteiger partial charge is 0.251 e. The van der Waals surface area contributed by atoms with Gasteiger partial charge in [0.15, 0.2) is 0 Å². The largest absolute Gasteiger partial charge is 0.465 e. The highest BCUT2D eigenvalue weighted by molar-refractivity contribution is 5.98. The predicted octanol–water partition coefficient (Wildman–Crippen LogP) is 2.88. The SMILES string of the molecule is Cc1ccc([C@@H](CNC(=O)c2ccc3ccn(C)c3c2)N2CCOCC2)o1. The van der Waals surface area contributed by atoms with Crippen LogP contribution in [0.1, 0.15) is 27.9 Å². The van der Waals surface area contributed by atoms with Gasteiger partial charge >= 0.3 is 0 Å². The summed E-state index contributed by atoms with van der Waals surface area (Å²) in [5.74, 6) is 1.69. The fourth-order valence-electron chi connectivity index (χ4n) is 3.63. The van der Waals surface area contributed by atoms with Crippen LogP contribution in [0.5, 0.6) is 0 Å². The molecule has 1 N–H and O–H groups in total. The molecule has 1 atom stereocenters. The van der Waals surface area contributed by atoms with Crippen LogP contribution in [0.2, 0.25) is 0 Å². The molecule has 2 aromatic heterocycles. The number of ether oxygens (including phenoxy) is 1. The molecule has 4 rings (SSSR count). The minimum atomic E-state index is -0.0698. The van der Waals surface area contributed by atoms with Gasteiger partial charge in [0.25, 0.3) is 5.91 Å². The zero-order chi connectivity index (χ0) is 18.8. The Hall–Kier alpha value is -2.57. The molecule has 0 bridgehead atoms. The van der Waals surface area contributed by atoms with Gasteiger partial charge in [0, 0.05) is 44.0 Å². The fraction of sp³-hybridized carbons (Fsp3) is 0.381. The van der Waals surface area contributed by atoms with Crippen LogP contribution in [0.15, 0.2) is 47.0 Å². The van der Waals surface area contributed by atoms with E-state index >= 15 is 0 Å². The van der Waals surface area contributed by atoms with E-state index in [0.29, 0.717) is 25.3 Å². The van der Waals surface area contributed by atoms with E-state index in [2.05, 4.69) is 10.2 Å². The van der Waals surface area contributed by atoms with E-state index in [1.54, 1.807) is 0 Å². The first-order chi connectivity index (χ1) is 13.1. The molecule has 1 fully saturated rings. The standard InChI is InChI=1S/C21H25N3O3/c1-15-3-6-20(27-15)19(24-9-11-26-12-10-24)14-22-21(25)17-5-4-16-7-8-23(2)18(16)13-17/h3-8,13,19H,9-12,14H2,1-2H3,(H,22,25)/t19-/m1/s1. The molecule has 0 spiro atoms. The molecular formula is C21H25N3O3. The highest BCUT2D eigenvalue weighted by atomic mass is 16.5. The second-order valence-corrected chi connectivity index (χ2v) is 7.02. The van der Waals surface area contributed by atoms with E-state index in [1.165, 1.54) is 0 Å². The molecule has 6 nitrogen and oxygen atoms in total. The molecule has 142 valence electrons. The predicted molar refractivity (Wildman–Crippen MR) is 104 cm³/mol. The highest BCUT2D eigenvalue weighted by Gasteiger charge is 2.25. The van der Waals surface area contributed by atoms with Crippen LogP contribution in [-0.2, 0) is 11.8 Å². The van der Waals surface area contributed by atoms with Crippen molar-refractivity contribution in [2.45, 2.75) is 13.0 Å². The van der Waals surface area contributed by atoms with Gasteiger partial charge in [0.1, 0.15) is 11.5 Å². The third kappa shape index (κ3) is 3.77. The zero-order valence-corrected chi connectivity index (χ0v) is 15.8. The molecular weight excluding hydrogens is 342 g/mol. The van der Waals surface area contributed by atoms with Crippen molar-refractivity contribution in [3.63, 3.8) is 0 Å². The number of nitrogens with one attached hydrogen (secondary N) is 1. The highest BCUT2D eigenvalue weighted by Crippen LogP contribution is 2.24. The van der Waals surface area contributed by atoms with E-state index in [1.807, 2.05) is 61.1 Å². The summed E-state index contributed by atoms with van der Waals surface area (Å²) in [7, 11) is 1.98. The molecule has 1 aromatic carbocycles. The second-order valence-electron chi connectivity index (χ2n) is 7.02. The van der Waals surface area contributed by atoms with Crippen LogP contribution < -0.4 is 5.32 Å². The van der Waals surface area contributed by atoms with E-state index < -0.39 is 0 Å². The van der Waals surface area contributed by atoms with Gasteiger partial charge in [0.2, 0.25) is 0 Å². The maximum Gasteiger partial charge on any atom is 0.251 e. The van der Waals surface area contributed by atoms with Crippen LogP contribution in [0.25, 0.3) is 10.9 Å². The number of hydrogen-bond donors (Lipinski definition) is 1. The molecule has 3 heterocycles. The lowest BCUT2D eigenvalue weighted by Gasteiger charge is -2.33. The van der Waals surface area contributed by atoms with Crippen molar-refractivity contribution < 1.29 is 13.9 Å². The van der Waals surface area contributed by atoms with E-state index in [0.717, 1.165) is 35.5 Å². The number of benzene rings is 1. The average molecular weight is 367 g/mol. The van der Waals surface area contributed by atoms with Gasteiger partial charge in [-0.15, -0.1) is 0 Å². The molecule has 1 saturated heterocycles. The number of fused-ring (bicyclic) bond motifs is 1. The van der Waals surface area contributed by atoms with Crippen LogP contribution in [0.3, 0.4) is 0 Å². The molecule has 3 aromatic rings. The lowest BCUT2D eigenvalue weighted by molar-refractivity contribution is 0.0117. The van der Waals surface area contributed by atoms with Crippen molar-refractivity contribution in [3.05, 3.63) is 59.7 Å². The summed E-state index contributed by atoms with van der Waals surface area (Å²) in [5.41, 5.74) is 1.72. The topological polar surface area (TPSA) is 59.6 Å². The van der Waals surface area contributed by atoms with E-state index in [-0.39, 0.29) is 11.9 Å². The maximum atomic E-state index is 12.8. The maximum absolute atomic E-state index is 12.8. The number of hydrogen-bond acceptors (Lipinski definition) is 4. The van der Waals surface area contributed by atoms with Gasteiger partial charge in [0.05, 0.1) is 19.3 Å². The Kier molecular flexibility index (Phi) is 5.01. The third-order valence-corrected chi connectivity index (χ3v) is 5.18. The van der Waals surface area contributed by atoms with E-state index in [9.17, 15) is 4.79 Å². The Balaban J connectivity index is 1.50. The number of aromatic nitrogens is 1. The number of carbonyl (C=O) groups excluding carboxylic acids is 1. The van der Waals surface area contributed by atoms with Crippen molar-refractivity contribution in [2.24, 2.45) is 7.05 Å². The summed E-state index contributed by atoms with van der Waals surface area (Å²) < 4.78 is 13.4. The van der Waals surface area contributed by atoms with Gasteiger partial charge in [-0.25, -0.2) is 0 Å². The fourth-order valence-corrected chi connectivity index (χ4v) is 3.63. The Morgan fingerprint density at radius 3 is 2.74 bits per heavy atom. The number of carbonyl (C=O) groups is 1. The molecule has 1 aliphatic heterocycles. The van der Waals surface area contributed by atoms with Crippen molar-refractivity contribution >= 4 is 16.8 Å². The molecule has 1 amide bonds. The molecule has 0 unspecified atom stereocenters.